The third-order valence-electron chi connectivity index (χ3n) is 3.95. The summed E-state index contributed by atoms with van der Waals surface area (Å²) in [6.45, 7) is 5.04. The lowest BCUT2D eigenvalue weighted by Crippen LogP contribution is -2.36. The molecule has 0 spiro atoms. The van der Waals surface area contributed by atoms with Gasteiger partial charge in [0.25, 0.3) is 0 Å². The van der Waals surface area contributed by atoms with Crippen LogP contribution in [0.3, 0.4) is 0 Å². The Bertz CT molecular complexity index is 668. The summed E-state index contributed by atoms with van der Waals surface area (Å²) in [5.41, 5.74) is 9.21. The van der Waals surface area contributed by atoms with Gasteiger partial charge in [0, 0.05) is 25.0 Å². The van der Waals surface area contributed by atoms with E-state index in [0.717, 1.165) is 22.8 Å². The molecule has 1 atom stereocenters. The van der Waals surface area contributed by atoms with Crippen molar-refractivity contribution in [1.82, 2.24) is 14.9 Å². The zero-order valence-corrected chi connectivity index (χ0v) is 18.8. The van der Waals surface area contributed by atoms with Gasteiger partial charge in [0.1, 0.15) is 0 Å². The molecular formula is C19H29Cl3N4O2. The summed E-state index contributed by atoms with van der Waals surface area (Å²) in [7, 11) is 1.57. The number of aryl methyl sites for hydroxylation is 2. The molecule has 0 aliphatic heterocycles. The van der Waals surface area contributed by atoms with Crippen LogP contribution >= 0.6 is 37.2 Å². The van der Waals surface area contributed by atoms with Crippen LogP contribution in [0.25, 0.3) is 0 Å². The summed E-state index contributed by atoms with van der Waals surface area (Å²) < 4.78 is 5.26. The first kappa shape index (κ1) is 28.8. The Balaban J connectivity index is 0. The summed E-state index contributed by atoms with van der Waals surface area (Å²) in [4.78, 5) is 23.5. The highest BCUT2D eigenvalue weighted by atomic mass is 35.5. The van der Waals surface area contributed by atoms with Crippen molar-refractivity contribution in [1.29, 1.82) is 0 Å². The van der Waals surface area contributed by atoms with Gasteiger partial charge < -0.3 is 15.4 Å². The molecule has 2 aromatic heterocycles. The van der Waals surface area contributed by atoms with Gasteiger partial charge in [0.15, 0.2) is 0 Å². The van der Waals surface area contributed by atoms with Gasteiger partial charge in [-0.2, -0.15) is 0 Å². The number of halogens is 3. The average Bonchev–Trinajstić information content (AvgIpc) is 2.59. The number of aromatic nitrogens is 2. The second-order valence-electron chi connectivity index (χ2n) is 6.09. The minimum atomic E-state index is -0.286. The van der Waals surface area contributed by atoms with Crippen LogP contribution in [0.5, 0.6) is 0 Å². The van der Waals surface area contributed by atoms with Crippen LogP contribution in [0.4, 0.5) is 0 Å². The van der Waals surface area contributed by atoms with Gasteiger partial charge in [-0.15, -0.1) is 37.2 Å². The molecule has 0 aromatic carbocycles. The van der Waals surface area contributed by atoms with Gasteiger partial charge in [0.05, 0.1) is 37.0 Å². The first-order valence-corrected chi connectivity index (χ1v) is 8.37. The van der Waals surface area contributed by atoms with E-state index in [4.69, 9.17) is 10.5 Å². The van der Waals surface area contributed by atoms with Gasteiger partial charge in [-0.3, -0.25) is 14.8 Å². The van der Waals surface area contributed by atoms with Crippen LogP contribution in [-0.2, 0) is 22.6 Å². The molecule has 158 valence electrons. The maximum absolute atomic E-state index is 12.8. The molecule has 0 aliphatic carbocycles. The number of nitrogens with two attached hydrogens (primary N) is 1. The molecule has 1 amide bonds. The van der Waals surface area contributed by atoms with Crippen LogP contribution in [0.1, 0.15) is 29.2 Å². The molecule has 2 aromatic rings. The van der Waals surface area contributed by atoms with Crippen molar-refractivity contribution in [2.75, 3.05) is 13.7 Å². The van der Waals surface area contributed by atoms with E-state index in [0.29, 0.717) is 19.6 Å². The molecule has 0 radical (unpaired) electrons. The fourth-order valence-corrected chi connectivity index (χ4v) is 2.59. The highest BCUT2D eigenvalue weighted by Crippen LogP contribution is 2.12. The molecule has 2 heterocycles. The zero-order valence-electron chi connectivity index (χ0n) is 16.3. The standard InChI is InChI=1S/C19H26N4O2.3ClH/c1-14-6-4-8-16(21-14)12-23(19(24)10-18(11-20)25-3)13-17-9-5-7-15(2)22-17;;;/h4-9,18H,10-13,20H2,1-3H3;3*1H. The smallest absolute Gasteiger partial charge is 0.225 e. The number of carbonyl (C=O) groups is 1. The lowest BCUT2D eigenvalue weighted by atomic mass is 10.2. The molecule has 0 bridgehead atoms. The second-order valence-corrected chi connectivity index (χ2v) is 6.09. The monoisotopic (exact) mass is 450 g/mol. The van der Waals surface area contributed by atoms with E-state index >= 15 is 0 Å². The number of hydrogen-bond acceptors (Lipinski definition) is 5. The number of rotatable bonds is 8. The fourth-order valence-electron chi connectivity index (χ4n) is 2.59. The van der Waals surface area contributed by atoms with E-state index in [1.54, 1.807) is 12.0 Å². The number of ether oxygens (including phenoxy) is 1. The van der Waals surface area contributed by atoms with Crippen LogP contribution in [-0.4, -0.2) is 40.5 Å². The van der Waals surface area contributed by atoms with E-state index in [2.05, 4.69) is 9.97 Å². The van der Waals surface area contributed by atoms with Crippen molar-refractivity contribution >= 4 is 43.1 Å². The zero-order chi connectivity index (χ0) is 18.2. The highest BCUT2D eigenvalue weighted by Gasteiger charge is 2.20. The summed E-state index contributed by atoms with van der Waals surface area (Å²) in [6.07, 6.45) is -0.0455. The molecule has 0 fully saturated rings. The first-order valence-electron chi connectivity index (χ1n) is 8.37. The minimum absolute atomic E-state index is 0. The van der Waals surface area contributed by atoms with Gasteiger partial charge in [-0.1, -0.05) is 12.1 Å². The van der Waals surface area contributed by atoms with Crippen molar-refractivity contribution in [3.63, 3.8) is 0 Å². The molecule has 28 heavy (non-hydrogen) atoms. The van der Waals surface area contributed by atoms with Gasteiger partial charge in [-0.25, -0.2) is 0 Å². The maximum Gasteiger partial charge on any atom is 0.225 e. The van der Waals surface area contributed by atoms with Crippen molar-refractivity contribution in [2.45, 2.75) is 39.5 Å². The van der Waals surface area contributed by atoms with Crippen molar-refractivity contribution in [3.05, 3.63) is 59.2 Å². The van der Waals surface area contributed by atoms with Gasteiger partial charge >= 0.3 is 0 Å². The molecule has 0 saturated carbocycles. The number of hydrogen-bond donors (Lipinski definition) is 1. The minimum Gasteiger partial charge on any atom is -0.380 e. The van der Waals surface area contributed by atoms with Crippen LogP contribution < -0.4 is 5.73 Å². The van der Waals surface area contributed by atoms with Gasteiger partial charge in [0.2, 0.25) is 5.91 Å². The Kier molecular flexibility index (Phi) is 14.9. The average molecular weight is 452 g/mol. The maximum atomic E-state index is 12.8. The lowest BCUT2D eigenvalue weighted by Gasteiger charge is -2.24. The van der Waals surface area contributed by atoms with Crippen LogP contribution in [0, 0.1) is 13.8 Å². The Morgan fingerprint density at radius 3 is 1.82 bits per heavy atom. The Morgan fingerprint density at radius 2 is 1.46 bits per heavy atom. The summed E-state index contributed by atoms with van der Waals surface area (Å²) in [6, 6.07) is 11.6. The quantitative estimate of drug-likeness (QED) is 0.666. The predicted octanol–water partition coefficient (Wildman–Crippen LogP) is 3.25. The molecule has 1 unspecified atom stereocenters. The molecule has 0 saturated heterocycles. The Labute approximate surface area is 185 Å². The number of nitrogens with zero attached hydrogens (tertiary/aromatic N) is 3. The topological polar surface area (TPSA) is 81.3 Å². The molecule has 6 nitrogen and oxygen atoms in total. The SMILES string of the molecule is COC(CN)CC(=O)N(Cc1cccc(C)n1)Cc1cccc(C)n1.Cl.Cl.Cl. The number of methoxy groups -OCH3 is 1. The second kappa shape index (κ2) is 14.5. The van der Waals surface area contributed by atoms with E-state index in [1.807, 2.05) is 50.2 Å². The van der Waals surface area contributed by atoms with E-state index in [-0.39, 0.29) is 55.7 Å². The largest absolute Gasteiger partial charge is 0.380 e. The first-order chi connectivity index (χ1) is 12.0. The van der Waals surface area contributed by atoms with Crippen molar-refractivity contribution < 1.29 is 9.53 Å². The van der Waals surface area contributed by atoms with E-state index in [9.17, 15) is 4.79 Å². The molecular weight excluding hydrogens is 423 g/mol. The molecule has 0 aliphatic rings. The lowest BCUT2D eigenvalue weighted by molar-refractivity contribution is -0.135. The van der Waals surface area contributed by atoms with Crippen LogP contribution in [0.2, 0.25) is 0 Å². The number of pyridine rings is 2. The van der Waals surface area contributed by atoms with Crippen molar-refractivity contribution in [2.24, 2.45) is 5.73 Å². The summed E-state index contributed by atoms with van der Waals surface area (Å²) >= 11 is 0. The van der Waals surface area contributed by atoms with Gasteiger partial charge in [-0.05, 0) is 38.1 Å². The van der Waals surface area contributed by atoms with E-state index < -0.39 is 0 Å². The molecule has 2 N–H and O–H groups in total. The fraction of sp³-hybridized carbons (Fsp3) is 0.421. The predicted molar refractivity (Wildman–Crippen MR) is 118 cm³/mol. The Morgan fingerprint density at radius 1 is 1.00 bits per heavy atom. The normalized spacial score (nSPS) is 10.7. The summed E-state index contributed by atoms with van der Waals surface area (Å²) in [5, 5.41) is 0. The van der Waals surface area contributed by atoms with E-state index in [1.165, 1.54) is 0 Å². The third kappa shape index (κ3) is 9.17. The van der Waals surface area contributed by atoms with Crippen LogP contribution in [0.15, 0.2) is 36.4 Å². The highest BCUT2D eigenvalue weighted by molar-refractivity contribution is 5.86. The number of carbonyl (C=O) groups excluding carboxylic acids is 1. The Hall–Kier alpha value is -1.44. The molecule has 9 heteroatoms. The third-order valence-corrected chi connectivity index (χ3v) is 3.95. The summed E-state index contributed by atoms with van der Waals surface area (Å²) in [5.74, 6) is -0.0242. The molecule has 2 rings (SSSR count). The number of amides is 1. The van der Waals surface area contributed by atoms with Crippen molar-refractivity contribution in [3.8, 4) is 0 Å².